The van der Waals surface area contributed by atoms with E-state index < -0.39 is 40.2 Å². The fraction of sp³-hybridized carbons (Fsp3) is 0.526. The molecule has 29 heavy (non-hydrogen) atoms. The number of benzene rings is 1. The third-order valence-electron chi connectivity index (χ3n) is 4.17. The van der Waals surface area contributed by atoms with E-state index in [1.165, 1.54) is 12.1 Å². The van der Waals surface area contributed by atoms with E-state index in [1.807, 2.05) is 0 Å². The number of alkyl carbamates (subject to hydrolysis) is 1. The monoisotopic (exact) mass is 425 g/mol. The summed E-state index contributed by atoms with van der Waals surface area (Å²) < 4.78 is 5.17. The van der Waals surface area contributed by atoms with Crippen molar-refractivity contribution in [2.24, 2.45) is 0 Å². The van der Waals surface area contributed by atoms with E-state index in [9.17, 15) is 24.5 Å². The molecule has 1 aliphatic carbocycles. The van der Waals surface area contributed by atoms with Gasteiger partial charge >= 0.3 is 6.09 Å². The summed E-state index contributed by atoms with van der Waals surface area (Å²) in [4.78, 5) is 49.9. The van der Waals surface area contributed by atoms with Gasteiger partial charge in [-0.25, -0.2) is 4.79 Å². The summed E-state index contributed by atoms with van der Waals surface area (Å²) in [6.07, 6.45) is 0.584. The first kappa shape index (κ1) is 22.6. The average Bonchev–Trinajstić information content (AvgIpc) is 3.42. The molecule has 2 rings (SSSR count). The largest absolute Gasteiger partial charge is 0.444 e. The Morgan fingerprint density at radius 3 is 2.45 bits per heavy atom. The highest BCUT2D eigenvalue weighted by atomic mass is 35.5. The highest BCUT2D eigenvalue weighted by Gasteiger charge is 2.43. The molecule has 0 heterocycles. The SMILES string of the molecule is CC[C@@H](NC(=O)OC(C)(C)C)C(=O)N(C(=O)c1c(Cl)cccc1[N+](=O)[O-])C1CC1. The molecule has 0 radical (unpaired) electrons. The fourth-order valence-corrected chi connectivity index (χ4v) is 2.98. The summed E-state index contributed by atoms with van der Waals surface area (Å²) in [6.45, 7) is 6.73. The van der Waals surface area contributed by atoms with Crippen LogP contribution in [0.15, 0.2) is 18.2 Å². The molecule has 1 fully saturated rings. The molecule has 0 saturated heterocycles. The van der Waals surface area contributed by atoms with E-state index in [0.717, 1.165) is 11.0 Å². The minimum atomic E-state index is -1.02. The van der Waals surface area contributed by atoms with Crippen molar-refractivity contribution in [2.75, 3.05) is 0 Å². The number of hydrogen-bond donors (Lipinski definition) is 1. The lowest BCUT2D eigenvalue weighted by Crippen LogP contribution is -2.52. The number of halogens is 1. The molecule has 1 aromatic rings. The molecule has 0 bridgehead atoms. The summed E-state index contributed by atoms with van der Waals surface area (Å²) in [7, 11) is 0. The number of hydrogen-bond acceptors (Lipinski definition) is 6. The zero-order valence-corrected chi connectivity index (χ0v) is 17.5. The highest BCUT2D eigenvalue weighted by molar-refractivity contribution is 6.35. The van der Waals surface area contributed by atoms with E-state index in [1.54, 1.807) is 27.7 Å². The van der Waals surface area contributed by atoms with Gasteiger partial charge in [-0.15, -0.1) is 0 Å². The standard InChI is InChI=1S/C19H24ClN3O6/c1-5-13(21-18(26)29-19(2,3)4)16(24)22(11-9-10-11)17(25)15-12(20)7-6-8-14(15)23(27)28/h6-8,11,13H,5,9-10H2,1-4H3,(H,21,26)/t13-/m1/s1. The Morgan fingerprint density at radius 1 is 1.34 bits per heavy atom. The Balaban J connectivity index is 2.32. The highest BCUT2D eigenvalue weighted by Crippen LogP contribution is 2.34. The van der Waals surface area contributed by atoms with Gasteiger partial charge in [-0.05, 0) is 46.1 Å². The summed E-state index contributed by atoms with van der Waals surface area (Å²) in [5.74, 6) is -1.50. The number of carbonyl (C=O) groups is 3. The van der Waals surface area contributed by atoms with Crippen molar-refractivity contribution < 1.29 is 24.0 Å². The molecular weight excluding hydrogens is 402 g/mol. The molecule has 1 aromatic carbocycles. The van der Waals surface area contributed by atoms with E-state index in [4.69, 9.17) is 16.3 Å². The van der Waals surface area contributed by atoms with E-state index in [-0.39, 0.29) is 23.0 Å². The second-order valence-corrected chi connectivity index (χ2v) is 8.15. The summed E-state index contributed by atoms with van der Waals surface area (Å²) >= 11 is 6.06. The number of nitro benzene ring substituents is 1. The van der Waals surface area contributed by atoms with Crippen LogP contribution in [-0.4, -0.2) is 45.4 Å². The first-order valence-electron chi connectivity index (χ1n) is 9.26. The van der Waals surface area contributed by atoms with Crippen molar-refractivity contribution in [2.45, 2.75) is 64.6 Å². The molecular formula is C19H24ClN3O6. The third-order valence-corrected chi connectivity index (χ3v) is 4.48. The first-order chi connectivity index (χ1) is 13.5. The van der Waals surface area contributed by atoms with Crippen LogP contribution >= 0.6 is 11.6 Å². The zero-order valence-electron chi connectivity index (χ0n) is 16.7. The molecule has 1 atom stereocenters. The topological polar surface area (TPSA) is 119 Å². The van der Waals surface area contributed by atoms with Gasteiger partial charge in [-0.1, -0.05) is 24.6 Å². The van der Waals surface area contributed by atoms with Crippen LogP contribution in [0, 0.1) is 10.1 Å². The number of nitrogens with one attached hydrogen (secondary N) is 1. The first-order valence-corrected chi connectivity index (χ1v) is 9.63. The minimum Gasteiger partial charge on any atom is -0.444 e. The number of nitro groups is 1. The van der Waals surface area contributed by atoms with Crippen molar-refractivity contribution in [1.29, 1.82) is 0 Å². The molecule has 0 aromatic heterocycles. The summed E-state index contributed by atoms with van der Waals surface area (Å²) in [5.41, 5.74) is -1.57. The second-order valence-electron chi connectivity index (χ2n) is 7.74. The van der Waals surface area contributed by atoms with Gasteiger partial charge in [0.2, 0.25) is 0 Å². The molecule has 158 valence electrons. The van der Waals surface area contributed by atoms with Crippen LogP contribution in [0.25, 0.3) is 0 Å². The molecule has 0 aliphatic heterocycles. The van der Waals surface area contributed by atoms with Gasteiger partial charge < -0.3 is 10.1 Å². The summed E-state index contributed by atoms with van der Waals surface area (Å²) in [5, 5.41) is 13.7. The molecule has 0 unspecified atom stereocenters. The van der Waals surface area contributed by atoms with Gasteiger partial charge in [0, 0.05) is 12.1 Å². The molecule has 10 heteroatoms. The predicted octanol–water partition coefficient (Wildman–Crippen LogP) is 3.68. The molecule has 9 nitrogen and oxygen atoms in total. The maximum absolute atomic E-state index is 13.1. The Hall–Kier alpha value is -2.68. The average molecular weight is 426 g/mol. The maximum Gasteiger partial charge on any atom is 0.408 e. The molecule has 3 amide bonds. The molecule has 1 aliphatic rings. The quantitative estimate of drug-likeness (QED) is 0.548. The van der Waals surface area contributed by atoms with Gasteiger partial charge in [0.1, 0.15) is 17.2 Å². The number of amides is 3. The predicted molar refractivity (Wildman–Crippen MR) is 106 cm³/mol. The van der Waals surface area contributed by atoms with Gasteiger partial charge in [0.15, 0.2) is 0 Å². The lowest BCUT2D eigenvalue weighted by molar-refractivity contribution is -0.385. The van der Waals surface area contributed by atoms with Crippen LogP contribution in [0.3, 0.4) is 0 Å². The normalized spacial score (nSPS) is 14.7. The Morgan fingerprint density at radius 2 is 1.97 bits per heavy atom. The van der Waals surface area contributed by atoms with Gasteiger partial charge in [-0.2, -0.15) is 0 Å². The van der Waals surface area contributed by atoms with Crippen LogP contribution in [-0.2, 0) is 9.53 Å². The van der Waals surface area contributed by atoms with Crippen LogP contribution < -0.4 is 5.32 Å². The Kier molecular flexibility index (Phi) is 6.84. The van der Waals surface area contributed by atoms with Crippen molar-refractivity contribution in [1.82, 2.24) is 10.2 Å². The maximum atomic E-state index is 13.1. The number of carbonyl (C=O) groups excluding carboxylic acids is 3. The fourth-order valence-electron chi connectivity index (χ4n) is 2.73. The number of ether oxygens (including phenoxy) is 1. The number of rotatable bonds is 6. The van der Waals surface area contributed by atoms with Crippen molar-refractivity contribution in [3.05, 3.63) is 38.9 Å². The Bertz CT molecular complexity index is 832. The molecule has 1 N–H and O–H groups in total. The van der Waals surface area contributed by atoms with E-state index >= 15 is 0 Å². The van der Waals surface area contributed by atoms with Gasteiger partial charge in [0.25, 0.3) is 17.5 Å². The van der Waals surface area contributed by atoms with Crippen LogP contribution in [0.1, 0.15) is 57.3 Å². The Labute approximate surface area is 173 Å². The number of imide groups is 1. The van der Waals surface area contributed by atoms with Gasteiger partial charge in [-0.3, -0.25) is 24.6 Å². The van der Waals surface area contributed by atoms with Crippen LogP contribution in [0.2, 0.25) is 5.02 Å². The second kappa shape index (κ2) is 8.77. The third kappa shape index (κ3) is 5.66. The van der Waals surface area contributed by atoms with Crippen molar-refractivity contribution in [3.63, 3.8) is 0 Å². The zero-order chi connectivity index (χ0) is 21.9. The lowest BCUT2D eigenvalue weighted by atomic mass is 10.1. The van der Waals surface area contributed by atoms with Crippen molar-refractivity contribution >= 4 is 35.2 Å². The van der Waals surface area contributed by atoms with E-state index in [0.29, 0.717) is 12.8 Å². The number of nitrogens with zero attached hydrogens (tertiary/aromatic N) is 2. The molecule has 0 spiro atoms. The lowest BCUT2D eigenvalue weighted by Gasteiger charge is -2.27. The van der Waals surface area contributed by atoms with Crippen molar-refractivity contribution in [3.8, 4) is 0 Å². The minimum absolute atomic E-state index is 0.115. The van der Waals surface area contributed by atoms with Crippen LogP contribution in [0.4, 0.5) is 10.5 Å². The molecule has 1 saturated carbocycles. The smallest absolute Gasteiger partial charge is 0.408 e. The van der Waals surface area contributed by atoms with Crippen LogP contribution in [0.5, 0.6) is 0 Å². The summed E-state index contributed by atoms with van der Waals surface area (Å²) in [6, 6.07) is 2.47. The van der Waals surface area contributed by atoms with Gasteiger partial charge in [0.05, 0.1) is 9.95 Å². The van der Waals surface area contributed by atoms with E-state index in [2.05, 4.69) is 5.32 Å².